The first-order chi connectivity index (χ1) is 8.89. The predicted molar refractivity (Wildman–Crippen MR) is 74.4 cm³/mol. The number of likely N-dealkylation sites (tertiary alicyclic amines) is 1. The Balaban J connectivity index is 1.95. The Labute approximate surface area is 115 Å². The topological polar surface area (TPSA) is 80.5 Å². The standard InChI is InChI=1S/C13H24N2O3S/c1-10(14)12-4-2-3-6-15(12)13(16)8-11-5-7-19(17,18)9-11/h10-12H,2-9,14H2,1H3. The van der Waals surface area contributed by atoms with Crippen molar-refractivity contribution in [2.75, 3.05) is 18.1 Å². The largest absolute Gasteiger partial charge is 0.338 e. The number of rotatable bonds is 3. The van der Waals surface area contributed by atoms with Crippen molar-refractivity contribution in [3.63, 3.8) is 0 Å². The zero-order valence-electron chi connectivity index (χ0n) is 11.5. The predicted octanol–water partition coefficient (Wildman–Crippen LogP) is 0.540. The molecule has 2 heterocycles. The second kappa shape index (κ2) is 5.79. The number of nitrogens with two attached hydrogens (primary N) is 1. The van der Waals surface area contributed by atoms with E-state index in [9.17, 15) is 13.2 Å². The van der Waals surface area contributed by atoms with E-state index in [4.69, 9.17) is 5.73 Å². The van der Waals surface area contributed by atoms with Gasteiger partial charge in [-0.3, -0.25) is 4.79 Å². The molecule has 2 rings (SSSR count). The van der Waals surface area contributed by atoms with E-state index in [2.05, 4.69) is 0 Å². The number of nitrogens with zero attached hydrogens (tertiary/aromatic N) is 1. The number of hydrogen-bond donors (Lipinski definition) is 1. The van der Waals surface area contributed by atoms with E-state index in [1.54, 1.807) is 0 Å². The summed E-state index contributed by atoms with van der Waals surface area (Å²) in [5, 5.41) is 0. The van der Waals surface area contributed by atoms with Crippen molar-refractivity contribution in [3.05, 3.63) is 0 Å². The van der Waals surface area contributed by atoms with Crippen molar-refractivity contribution in [2.24, 2.45) is 11.7 Å². The third kappa shape index (κ3) is 3.69. The summed E-state index contributed by atoms with van der Waals surface area (Å²) in [5.41, 5.74) is 5.96. The van der Waals surface area contributed by atoms with Gasteiger partial charge in [-0.2, -0.15) is 0 Å². The molecule has 2 N–H and O–H groups in total. The molecule has 2 saturated heterocycles. The molecular formula is C13H24N2O3S. The zero-order valence-corrected chi connectivity index (χ0v) is 12.4. The fourth-order valence-corrected chi connectivity index (χ4v) is 5.07. The van der Waals surface area contributed by atoms with E-state index in [0.717, 1.165) is 25.8 Å². The number of amides is 1. The SMILES string of the molecule is CC(N)C1CCCCN1C(=O)CC1CCS(=O)(=O)C1. The van der Waals surface area contributed by atoms with Crippen molar-refractivity contribution < 1.29 is 13.2 Å². The molecule has 0 spiro atoms. The summed E-state index contributed by atoms with van der Waals surface area (Å²) >= 11 is 0. The average molecular weight is 288 g/mol. The van der Waals surface area contributed by atoms with Gasteiger partial charge in [0.25, 0.3) is 0 Å². The Kier molecular flexibility index (Phi) is 4.50. The lowest BCUT2D eigenvalue weighted by Crippen LogP contribution is -2.52. The van der Waals surface area contributed by atoms with E-state index in [1.165, 1.54) is 0 Å². The highest BCUT2D eigenvalue weighted by atomic mass is 32.2. The van der Waals surface area contributed by atoms with Gasteiger partial charge in [-0.1, -0.05) is 0 Å². The van der Waals surface area contributed by atoms with Crippen LogP contribution in [-0.2, 0) is 14.6 Å². The van der Waals surface area contributed by atoms with E-state index >= 15 is 0 Å². The van der Waals surface area contributed by atoms with Gasteiger partial charge in [0.1, 0.15) is 0 Å². The molecule has 0 radical (unpaired) electrons. The van der Waals surface area contributed by atoms with Crippen LogP contribution in [0.25, 0.3) is 0 Å². The quantitative estimate of drug-likeness (QED) is 0.822. The van der Waals surface area contributed by atoms with Gasteiger partial charge in [0.05, 0.1) is 11.5 Å². The summed E-state index contributed by atoms with van der Waals surface area (Å²) < 4.78 is 22.9. The molecule has 3 unspecified atom stereocenters. The van der Waals surface area contributed by atoms with E-state index in [1.807, 2.05) is 11.8 Å². The minimum absolute atomic E-state index is 0.00755. The van der Waals surface area contributed by atoms with Gasteiger partial charge in [-0.15, -0.1) is 0 Å². The van der Waals surface area contributed by atoms with Crippen LogP contribution in [-0.4, -0.2) is 49.4 Å². The number of carbonyl (C=O) groups excluding carboxylic acids is 1. The van der Waals surface area contributed by atoms with Gasteiger partial charge in [-0.05, 0) is 38.5 Å². The van der Waals surface area contributed by atoms with Gasteiger partial charge in [0.2, 0.25) is 5.91 Å². The highest BCUT2D eigenvalue weighted by Gasteiger charge is 2.34. The molecule has 1 amide bonds. The van der Waals surface area contributed by atoms with Crippen LogP contribution in [0, 0.1) is 5.92 Å². The van der Waals surface area contributed by atoms with Crippen LogP contribution in [0.2, 0.25) is 0 Å². The number of carbonyl (C=O) groups is 1. The molecule has 0 bridgehead atoms. The maximum Gasteiger partial charge on any atom is 0.223 e. The Morgan fingerprint density at radius 1 is 1.37 bits per heavy atom. The summed E-state index contributed by atoms with van der Waals surface area (Å²) in [6, 6.07) is 0.107. The third-order valence-corrected chi connectivity index (χ3v) is 6.10. The van der Waals surface area contributed by atoms with Crippen LogP contribution in [0.5, 0.6) is 0 Å². The van der Waals surface area contributed by atoms with Gasteiger partial charge < -0.3 is 10.6 Å². The van der Waals surface area contributed by atoms with Crippen LogP contribution in [0.1, 0.15) is 39.0 Å². The minimum Gasteiger partial charge on any atom is -0.338 e. The summed E-state index contributed by atoms with van der Waals surface area (Å²) in [6.45, 7) is 2.71. The molecule has 0 saturated carbocycles. The second-order valence-electron chi connectivity index (χ2n) is 5.98. The molecule has 0 aliphatic carbocycles. The molecule has 110 valence electrons. The molecule has 3 atom stereocenters. The van der Waals surface area contributed by atoms with Gasteiger partial charge in [0, 0.05) is 25.0 Å². The van der Waals surface area contributed by atoms with Crippen molar-refractivity contribution in [1.29, 1.82) is 0 Å². The molecule has 19 heavy (non-hydrogen) atoms. The lowest BCUT2D eigenvalue weighted by atomic mass is 9.95. The Morgan fingerprint density at radius 3 is 2.68 bits per heavy atom. The van der Waals surface area contributed by atoms with Gasteiger partial charge in [-0.25, -0.2) is 8.42 Å². The van der Waals surface area contributed by atoms with Crippen LogP contribution < -0.4 is 5.73 Å². The summed E-state index contributed by atoms with van der Waals surface area (Å²) in [5.74, 6) is 0.508. The first-order valence-corrected chi connectivity index (χ1v) is 8.96. The fraction of sp³-hybridized carbons (Fsp3) is 0.923. The van der Waals surface area contributed by atoms with Crippen molar-refractivity contribution >= 4 is 15.7 Å². The average Bonchev–Trinajstić information content (AvgIpc) is 2.68. The normalized spacial score (nSPS) is 32.2. The first-order valence-electron chi connectivity index (χ1n) is 7.14. The molecule has 5 nitrogen and oxygen atoms in total. The highest BCUT2D eigenvalue weighted by molar-refractivity contribution is 7.91. The lowest BCUT2D eigenvalue weighted by Gasteiger charge is -2.38. The Morgan fingerprint density at radius 2 is 2.11 bits per heavy atom. The molecular weight excluding hydrogens is 264 g/mol. The molecule has 0 aromatic heterocycles. The van der Waals surface area contributed by atoms with Gasteiger partial charge in [0.15, 0.2) is 9.84 Å². The third-order valence-electron chi connectivity index (χ3n) is 4.27. The maximum absolute atomic E-state index is 12.4. The van der Waals surface area contributed by atoms with Crippen molar-refractivity contribution in [3.8, 4) is 0 Å². The molecule has 0 aromatic carbocycles. The molecule has 2 fully saturated rings. The van der Waals surface area contributed by atoms with E-state index in [0.29, 0.717) is 12.8 Å². The molecule has 0 aromatic rings. The molecule has 6 heteroatoms. The molecule has 2 aliphatic heterocycles. The number of piperidine rings is 1. The van der Waals surface area contributed by atoms with Crippen molar-refractivity contribution in [1.82, 2.24) is 4.90 Å². The zero-order chi connectivity index (χ0) is 14.0. The maximum atomic E-state index is 12.4. The summed E-state index contributed by atoms with van der Waals surface area (Å²) in [4.78, 5) is 14.2. The molecule has 2 aliphatic rings. The van der Waals surface area contributed by atoms with Crippen LogP contribution in [0.4, 0.5) is 0 Å². The van der Waals surface area contributed by atoms with Gasteiger partial charge >= 0.3 is 0 Å². The van der Waals surface area contributed by atoms with E-state index in [-0.39, 0.29) is 35.4 Å². The van der Waals surface area contributed by atoms with Crippen LogP contribution in [0.3, 0.4) is 0 Å². The van der Waals surface area contributed by atoms with Crippen LogP contribution >= 0.6 is 0 Å². The monoisotopic (exact) mass is 288 g/mol. The number of sulfone groups is 1. The van der Waals surface area contributed by atoms with Crippen LogP contribution in [0.15, 0.2) is 0 Å². The Hall–Kier alpha value is -0.620. The minimum atomic E-state index is -2.90. The smallest absolute Gasteiger partial charge is 0.223 e. The summed E-state index contributed by atoms with van der Waals surface area (Å²) in [6.07, 6.45) is 4.10. The second-order valence-corrected chi connectivity index (χ2v) is 8.21. The van der Waals surface area contributed by atoms with Crippen molar-refractivity contribution in [2.45, 2.75) is 51.1 Å². The lowest BCUT2D eigenvalue weighted by molar-refractivity contribution is -0.136. The highest BCUT2D eigenvalue weighted by Crippen LogP contribution is 2.25. The Bertz CT molecular complexity index is 433. The fourth-order valence-electron chi connectivity index (χ4n) is 3.21. The number of hydrogen-bond acceptors (Lipinski definition) is 4. The first kappa shape index (κ1) is 14.8. The van der Waals surface area contributed by atoms with E-state index < -0.39 is 9.84 Å². The summed E-state index contributed by atoms with van der Waals surface area (Å²) in [7, 11) is -2.90.